The zero-order valence-corrected chi connectivity index (χ0v) is 15.2. The summed E-state index contributed by atoms with van der Waals surface area (Å²) in [5.74, 6) is 0.590. The maximum absolute atomic E-state index is 12.5. The third-order valence-electron chi connectivity index (χ3n) is 3.49. The Bertz CT molecular complexity index is 566. The van der Waals surface area contributed by atoms with Crippen molar-refractivity contribution in [3.8, 4) is 0 Å². The SMILES string of the molecule is C=C(CNC(C)(C)C)Nc1cc(C(C)NCC(N)C(F)(F)F)ccn1. The van der Waals surface area contributed by atoms with Gasteiger partial charge in [-0.2, -0.15) is 13.2 Å². The monoisotopic (exact) mass is 359 g/mol. The molecule has 0 saturated carbocycles. The number of alkyl halides is 3. The van der Waals surface area contributed by atoms with Crippen molar-refractivity contribution in [3.05, 3.63) is 36.2 Å². The molecule has 0 aromatic carbocycles. The molecule has 0 aliphatic rings. The quantitative estimate of drug-likeness (QED) is 0.574. The molecule has 0 radical (unpaired) electrons. The molecule has 0 fully saturated rings. The number of aromatic nitrogens is 1. The first-order valence-corrected chi connectivity index (χ1v) is 8.10. The maximum Gasteiger partial charge on any atom is 0.404 e. The fourth-order valence-electron chi connectivity index (χ4n) is 1.92. The second-order valence-electron chi connectivity index (χ2n) is 7.08. The van der Waals surface area contributed by atoms with Gasteiger partial charge in [0.1, 0.15) is 11.9 Å². The topological polar surface area (TPSA) is 75.0 Å². The van der Waals surface area contributed by atoms with E-state index in [1.54, 1.807) is 25.3 Å². The van der Waals surface area contributed by atoms with Crippen molar-refractivity contribution < 1.29 is 13.2 Å². The fraction of sp³-hybridized carbons (Fsp3) is 0.588. The predicted octanol–water partition coefficient (Wildman–Crippen LogP) is 2.94. The minimum atomic E-state index is -4.41. The maximum atomic E-state index is 12.5. The van der Waals surface area contributed by atoms with E-state index in [1.165, 1.54) is 0 Å². The first-order chi connectivity index (χ1) is 11.4. The number of hydrogen-bond donors (Lipinski definition) is 4. The van der Waals surface area contributed by atoms with Crippen LogP contribution in [-0.2, 0) is 0 Å². The summed E-state index contributed by atoms with van der Waals surface area (Å²) in [6.07, 6.45) is -2.81. The molecule has 0 bridgehead atoms. The van der Waals surface area contributed by atoms with E-state index in [4.69, 9.17) is 5.73 Å². The highest BCUT2D eigenvalue weighted by molar-refractivity contribution is 5.43. The summed E-state index contributed by atoms with van der Waals surface area (Å²) in [5, 5.41) is 9.20. The highest BCUT2D eigenvalue weighted by atomic mass is 19.4. The second-order valence-corrected chi connectivity index (χ2v) is 7.08. The molecule has 8 heteroatoms. The van der Waals surface area contributed by atoms with Crippen LogP contribution in [0.3, 0.4) is 0 Å². The zero-order chi connectivity index (χ0) is 19.3. The summed E-state index contributed by atoms with van der Waals surface area (Å²) in [6, 6.07) is 1.34. The predicted molar refractivity (Wildman–Crippen MR) is 95.2 cm³/mol. The number of anilines is 1. The van der Waals surface area contributed by atoms with Gasteiger partial charge < -0.3 is 21.7 Å². The first kappa shape index (κ1) is 21.4. The molecule has 0 amide bonds. The lowest BCUT2D eigenvalue weighted by Gasteiger charge is -2.22. The number of nitrogens with two attached hydrogens (primary N) is 1. The lowest BCUT2D eigenvalue weighted by molar-refractivity contribution is -0.146. The standard InChI is InChI=1S/C17H28F3N5/c1-11(9-24-16(3,4)5)25-15-8-13(6-7-22-15)12(2)23-10-14(21)17(18,19)20/h6-8,12,14,23-24H,1,9-10,21H2,2-5H3,(H,22,25). The molecular weight excluding hydrogens is 331 g/mol. The molecule has 0 aliphatic heterocycles. The Morgan fingerprint density at radius 3 is 2.52 bits per heavy atom. The third kappa shape index (κ3) is 8.33. The molecule has 25 heavy (non-hydrogen) atoms. The van der Waals surface area contributed by atoms with E-state index < -0.39 is 12.2 Å². The van der Waals surface area contributed by atoms with Gasteiger partial charge in [0.05, 0.1) is 0 Å². The van der Waals surface area contributed by atoms with E-state index in [0.717, 1.165) is 11.3 Å². The Morgan fingerprint density at radius 1 is 1.32 bits per heavy atom. The van der Waals surface area contributed by atoms with Crippen molar-refractivity contribution in [1.82, 2.24) is 15.6 Å². The van der Waals surface area contributed by atoms with Crippen molar-refractivity contribution >= 4 is 5.82 Å². The number of nitrogens with one attached hydrogen (secondary N) is 3. The van der Waals surface area contributed by atoms with Gasteiger partial charge in [0, 0.05) is 36.6 Å². The summed E-state index contributed by atoms with van der Waals surface area (Å²) in [5.41, 5.74) is 6.64. The Labute approximate surface area is 147 Å². The van der Waals surface area contributed by atoms with Crippen LogP contribution >= 0.6 is 0 Å². The van der Waals surface area contributed by atoms with Gasteiger partial charge in [-0.3, -0.25) is 0 Å². The number of halogens is 3. The average Bonchev–Trinajstić information content (AvgIpc) is 2.49. The van der Waals surface area contributed by atoms with Crippen LogP contribution in [0, 0.1) is 0 Å². The first-order valence-electron chi connectivity index (χ1n) is 8.10. The Morgan fingerprint density at radius 2 is 1.96 bits per heavy atom. The van der Waals surface area contributed by atoms with E-state index >= 15 is 0 Å². The summed E-state index contributed by atoms with van der Waals surface area (Å²) in [7, 11) is 0. The lowest BCUT2D eigenvalue weighted by Crippen LogP contribution is -2.45. The van der Waals surface area contributed by atoms with Crippen LogP contribution in [0.5, 0.6) is 0 Å². The fourth-order valence-corrected chi connectivity index (χ4v) is 1.92. The van der Waals surface area contributed by atoms with Crippen molar-refractivity contribution in [2.75, 3.05) is 18.4 Å². The molecule has 142 valence electrons. The van der Waals surface area contributed by atoms with Crippen LogP contribution in [-0.4, -0.2) is 35.8 Å². The Balaban J connectivity index is 2.60. The van der Waals surface area contributed by atoms with E-state index in [2.05, 4.69) is 48.3 Å². The molecule has 0 saturated heterocycles. The minimum absolute atomic E-state index is 0.0322. The zero-order valence-electron chi connectivity index (χ0n) is 15.2. The van der Waals surface area contributed by atoms with Crippen molar-refractivity contribution in [1.29, 1.82) is 0 Å². The number of rotatable bonds is 8. The molecule has 2 unspecified atom stereocenters. The van der Waals surface area contributed by atoms with Gasteiger partial charge in [0.2, 0.25) is 0 Å². The second kappa shape index (κ2) is 8.64. The van der Waals surface area contributed by atoms with E-state index in [0.29, 0.717) is 12.4 Å². The van der Waals surface area contributed by atoms with E-state index in [9.17, 15) is 13.2 Å². The van der Waals surface area contributed by atoms with Crippen LogP contribution in [0.25, 0.3) is 0 Å². The van der Waals surface area contributed by atoms with Gasteiger partial charge in [-0.05, 0) is 45.4 Å². The lowest BCUT2D eigenvalue weighted by atomic mass is 10.1. The Hall–Kier alpha value is -1.64. The number of pyridine rings is 1. The van der Waals surface area contributed by atoms with Crippen LogP contribution < -0.4 is 21.7 Å². The number of hydrogen-bond acceptors (Lipinski definition) is 5. The summed E-state index contributed by atoms with van der Waals surface area (Å²) in [6.45, 7) is 12.1. The highest BCUT2D eigenvalue weighted by Gasteiger charge is 2.36. The molecule has 2 atom stereocenters. The Kier molecular flexibility index (Phi) is 7.40. The van der Waals surface area contributed by atoms with Gasteiger partial charge >= 0.3 is 6.18 Å². The van der Waals surface area contributed by atoms with Crippen LogP contribution in [0.1, 0.15) is 39.3 Å². The van der Waals surface area contributed by atoms with Gasteiger partial charge in [0.25, 0.3) is 0 Å². The van der Waals surface area contributed by atoms with Crippen molar-refractivity contribution in [3.63, 3.8) is 0 Å². The minimum Gasteiger partial charge on any atom is -0.343 e. The molecule has 1 rings (SSSR count). The molecular formula is C17H28F3N5. The summed E-state index contributed by atoms with van der Waals surface area (Å²) in [4.78, 5) is 4.21. The van der Waals surface area contributed by atoms with Crippen molar-refractivity contribution in [2.24, 2.45) is 5.73 Å². The molecule has 1 aromatic heterocycles. The highest BCUT2D eigenvalue weighted by Crippen LogP contribution is 2.20. The van der Waals surface area contributed by atoms with Gasteiger partial charge in [-0.1, -0.05) is 6.58 Å². The van der Waals surface area contributed by atoms with E-state index in [1.807, 2.05) is 0 Å². The van der Waals surface area contributed by atoms with Gasteiger partial charge in [-0.25, -0.2) is 4.98 Å². The van der Waals surface area contributed by atoms with Crippen molar-refractivity contribution in [2.45, 2.75) is 51.5 Å². The van der Waals surface area contributed by atoms with E-state index in [-0.39, 0.29) is 18.1 Å². The normalized spacial score (nSPS) is 14.9. The summed E-state index contributed by atoms with van der Waals surface area (Å²) < 4.78 is 37.4. The molecule has 1 aromatic rings. The molecule has 5 nitrogen and oxygen atoms in total. The largest absolute Gasteiger partial charge is 0.404 e. The summed E-state index contributed by atoms with van der Waals surface area (Å²) >= 11 is 0. The smallest absolute Gasteiger partial charge is 0.343 e. The third-order valence-corrected chi connectivity index (χ3v) is 3.49. The van der Waals surface area contributed by atoms with Gasteiger partial charge in [-0.15, -0.1) is 0 Å². The van der Waals surface area contributed by atoms with Crippen LogP contribution in [0.4, 0.5) is 19.0 Å². The average molecular weight is 359 g/mol. The molecule has 0 spiro atoms. The molecule has 5 N–H and O–H groups in total. The van der Waals surface area contributed by atoms with Crippen LogP contribution in [0.2, 0.25) is 0 Å². The molecule has 0 aliphatic carbocycles. The number of nitrogens with zero attached hydrogens (tertiary/aromatic N) is 1. The van der Waals surface area contributed by atoms with Crippen LogP contribution in [0.15, 0.2) is 30.6 Å². The molecule has 1 heterocycles. The van der Waals surface area contributed by atoms with Gasteiger partial charge in [0.15, 0.2) is 0 Å².